The summed E-state index contributed by atoms with van der Waals surface area (Å²) in [5.74, 6) is 1.57. The van der Waals surface area contributed by atoms with E-state index in [0.29, 0.717) is 23.9 Å². The van der Waals surface area contributed by atoms with Crippen molar-refractivity contribution < 1.29 is 9.53 Å². The Balaban J connectivity index is 1.75. The third-order valence-corrected chi connectivity index (χ3v) is 5.00. The Hall–Kier alpha value is -1.84. The highest BCUT2D eigenvalue weighted by molar-refractivity contribution is 5.79. The minimum Gasteiger partial charge on any atom is -0.427 e. The maximum Gasteiger partial charge on any atom is 0.311 e. The Kier molecular flexibility index (Phi) is 6.03. The Morgan fingerprint density at radius 2 is 1.75 bits per heavy atom. The highest BCUT2D eigenvalue weighted by atomic mass is 16.5. The molecule has 1 aromatic carbocycles. The average molecular weight is 330 g/mol. The lowest BCUT2D eigenvalue weighted by molar-refractivity contribution is -0.134. The van der Waals surface area contributed by atoms with Crippen LogP contribution in [-0.2, 0) is 10.2 Å². The molecule has 0 bridgehead atoms. The van der Waals surface area contributed by atoms with Crippen LogP contribution in [0.2, 0.25) is 0 Å². The van der Waals surface area contributed by atoms with Crippen molar-refractivity contribution >= 4 is 11.8 Å². The zero-order valence-corrected chi connectivity index (χ0v) is 15.1. The predicted octanol–water partition coefficient (Wildman–Crippen LogP) is 4.41. The lowest BCUT2D eigenvalue weighted by Crippen LogP contribution is -2.27. The van der Waals surface area contributed by atoms with Crippen molar-refractivity contribution in [3.8, 4) is 5.75 Å². The van der Waals surface area contributed by atoms with Gasteiger partial charge in [0.1, 0.15) is 5.75 Å². The number of benzene rings is 1. The molecule has 0 aromatic heterocycles. The van der Waals surface area contributed by atoms with Gasteiger partial charge in [-0.25, -0.2) is 0 Å². The van der Waals surface area contributed by atoms with Crippen LogP contribution in [0.25, 0.3) is 0 Å². The second-order valence-corrected chi connectivity index (χ2v) is 7.96. The average Bonchev–Trinajstić information content (AvgIpc) is 2.53. The summed E-state index contributed by atoms with van der Waals surface area (Å²) < 4.78 is 5.44. The van der Waals surface area contributed by atoms with E-state index in [0.717, 1.165) is 32.1 Å². The van der Waals surface area contributed by atoms with Gasteiger partial charge in [0.2, 0.25) is 0 Å². The lowest BCUT2D eigenvalue weighted by Gasteiger charge is -2.27. The second-order valence-electron chi connectivity index (χ2n) is 7.96. The van der Waals surface area contributed by atoms with Crippen molar-refractivity contribution in [3.05, 3.63) is 29.8 Å². The number of hydrogen-bond donors (Lipinski definition) is 2. The van der Waals surface area contributed by atoms with Crippen molar-refractivity contribution in [2.24, 2.45) is 17.6 Å². The number of rotatable bonds is 5. The first-order valence-electron chi connectivity index (χ1n) is 8.91. The van der Waals surface area contributed by atoms with E-state index in [4.69, 9.17) is 15.9 Å². The molecule has 1 aliphatic carbocycles. The van der Waals surface area contributed by atoms with Gasteiger partial charge < -0.3 is 10.5 Å². The van der Waals surface area contributed by atoms with Gasteiger partial charge in [0.05, 0.1) is 5.84 Å². The van der Waals surface area contributed by atoms with Crippen LogP contribution in [0.5, 0.6) is 5.75 Å². The van der Waals surface area contributed by atoms with Gasteiger partial charge in [-0.15, -0.1) is 0 Å². The normalized spacial score (nSPS) is 21.3. The topological polar surface area (TPSA) is 76.2 Å². The SMILES string of the molecule is CC(C)(C)c1ccc(OC(=O)CC[C@H]2CC[C@H](C(=N)N)CC2)cc1. The molecular formula is C20H30N2O2. The summed E-state index contributed by atoms with van der Waals surface area (Å²) in [6, 6.07) is 7.78. The molecule has 0 amide bonds. The molecule has 0 radical (unpaired) electrons. The third kappa shape index (κ3) is 5.36. The summed E-state index contributed by atoms with van der Waals surface area (Å²) in [6.07, 6.45) is 5.38. The van der Waals surface area contributed by atoms with Crippen LogP contribution in [0, 0.1) is 17.2 Å². The molecule has 4 nitrogen and oxygen atoms in total. The molecule has 0 aliphatic heterocycles. The van der Waals surface area contributed by atoms with Crippen LogP contribution in [0.1, 0.15) is 64.9 Å². The van der Waals surface area contributed by atoms with Crippen LogP contribution in [-0.4, -0.2) is 11.8 Å². The number of nitrogens with one attached hydrogen (secondary N) is 1. The number of esters is 1. The van der Waals surface area contributed by atoms with Gasteiger partial charge in [0.25, 0.3) is 0 Å². The highest BCUT2D eigenvalue weighted by Crippen LogP contribution is 2.31. The zero-order valence-electron chi connectivity index (χ0n) is 15.1. The molecular weight excluding hydrogens is 300 g/mol. The molecule has 3 N–H and O–H groups in total. The number of hydrogen-bond acceptors (Lipinski definition) is 3. The van der Waals surface area contributed by atoms with Crippen LogP contribution in [0.3, 0.4) is 0 Å². The Labute approximate surface area is 145 Å². The Morgan fingerprint density at radius 3 is 2.25 bits per heavy atom. The van der Waals surface area contributed by atoms with Crippen molar-refractivity contribution in [2.45, 2.75) is 64.7 Å². The molecule has 132 valence electrons. The molecule has 1 aliphatic rings. The van der Waals surface area contributed by atoms with Gasteiger partial charge in [-0.05, 0) is 61.1 Å². The van der Waals surface area contributed by atoms with E-state index in [1.807, 2.05) is 24.3 Å². The fourth-order valence-corrected chi connectivity index (χ4v) is 3.29. The minimum absolute atomic E-state index is 0.0985. The molecule has 2 rings (SSSR count). The van der Waals surface area contributed by atoms with Crippen LogP contribution >= 0.6 is 0 Å². The van der Waals surface area contributed by atoms with Gasteiger partial charge in [0.15, 0.2) is 0 Å². The summed E-state index contributed by atoms with van der Waals surface area (Å²) >= 11 is 0. The van der Waals surface area contributed by atoms with E-state index in [9.17, 15) is 4.79 Å². The molecule has 1 fully saturated rings. The van der Waals surface area contributed by atoms with E-state index in [2.05, 4.69) is 20.8 Å². The molecule has 24 heavy (non-hydrogen) atoms. The smallest absolute Gasteiger partial charge is 0.311 e. The summed E-state index contributed by atoms with van der Waals surface area (Å²) in [5, 5.41) is 7.51. The fourth-order valence-electron chi connectivity index (χ4n) is 3.29. The van der Waals surface area contributed by atoms with Crippen molar-refractivity contribution in [1.82, 2.24) is 0 Å². The van der Waals surface area contributed by atoms with Crippen LogP contribution < -0.4 is 10.5 Å². The molecule has 0 heterocycles. The number of ether oxygens (including phenoxy) is 1. The Bertz CT molecular complexity index is 564. The van der Waals surface area contributed by atoms with Gasteiger partial charge in [-0.2, -0.15) is 0 Å². The maximum absolute atomic E-state index is 12.0. The van der Waals surface area contributed by atoms with E-state index in [1.54, 1.807) is 0 Å². The summed E-state index contributed by atoms with van der Waals surface area (Å²) in [6.45, 7) is 6.48. The zero-order chi connectivity index (χ0) is 17.7. The standard InChI is InChI=1S/C20H30N2O2/c1-20(2,3)16-9-11-17(12-10-16)24-18(23)13-6-14-4-7-15(8-5-14)19(21)22/h9-12,14-15H,4-8,13H2,1-3H3,(H3,21,22)/t14-,15-. The summed E-state index contributed by atoms with van der Waals surface area (Å²) in [7, 11) is 0. The summed E-state index contributed by atoms with van der Waals surface area (Å²) in [4.78, 5) is 12.0. The third-order valence-electron chi connectivity index (χ3n) is 5.00. The fraction of sp³-hybridized carbons (Fsp3) is 0.600. The Morgan fingerprint density at radius 1 is 1.17 bits per heavy atom. The number of carbonyl (C=O) groups excluding carboxylic acids is 1. The van der Waals surface area contributed by atoms with Gasteiger partial charge in [-0.1, -0.05) is 32.9 Å². The molecule has 0 unspecified atom stereocenters. The van der Waals surface area contributed by atoms with E-state index in [1.165, 1.54) is 5.56 Å². The first-order chi connectivity index (χ1) is 11.3. The van der Waals surface area contributed by atoms with Crippen LogP contribution in [0.15, 0.2) is 24.3 Å². The molecule has 4 heteroatoms. The first-order valence-corrected chi connectivity index (χ1v) is 8.91. The van der Waals surface area contributed by atoms with E-state index >= 15 is 0 Å². The minimum atomic E-state index is -0.160. The summed E-state index contributed by atoms with van der Waals surface area (Å²) in [5.41, 5.74) is 6.89. The highest BCUT2D eigenvalue weighted by Gasteiger charge is 2.23. The van der Waals surface area contributed by atoms with Crippen molar-refractivity contribution in [3.63, 3.8) is 0 Å². The monoisotopic (exact) mass is 330 g/mol. The molecule has 0 saturated heterocycles. The first kappa shape index (κ1) is 18.5. The van der Waals surface area contributed by atoms with E-state index < -0.39 is 0 Å². The lowest BCUT2D eigenvalue weighted by atomic mass is 9.79. The van der Waals surface area contributed by atoms with Gasteiger partial charge >= 0.3 is 5.97 Å². The van der Waals surface area contributed by atoms with Crippen molar-refractivity contribution in [1.29, 1.82) is 5.41 Å². The maximum atomic E-state index is 12.0. The number of nitrogens with two attached hydrogens (primary N) is 1. The number of amidine groups is 1. The van der Waals surface area contributed by atoms with Crippen LogP contribution in [0.4, 0.5) is 0 Å². The van der Waals surface area contributed by atoms with E-state index in [-0.39, 0.29) is 17.3 Å². The molecule has 0 atom stereocenters. The molecule has 1 aromatic rings. The number of carbonyl (C=O) groups is 1. The molecule has 0 spiro atoms. The van der Waals surface area contributed by atoms with Gasteiger partial charge in [-0.3, -0.25) is 10.2 Å². The predicted molar refractivity (Wildman–Crippen MR) is 97.4 cm³/mol. The van der Waals surface area contributed by atoms with Gasteiger partial charge in [0, 0.05) is 12.3 Å². The quantitative estimate of drug-likeness (QED) is 0.363. The van der Waals surface area contributed by atoms with Crippen molar-refractivity contribution in [2.75, 3.05) is 0 Å². The molecule has 1 saturated carbocycles. The second kappa shape index (κ2) is 7.82. The largest absolute Gasteiger partial charge is 0.427 e.